The average Bonchev–Trinajstić information content (AvgIpc) is 2.77. The summed E-state index contributed by atoms with van der Waals surface area (Å²) in [4.78, 5) is 36.0. The van der Waals surface area contributed by atoms with E-state index in [-0.39, 0.29) is 24.3 Å². The zero-order valence-electron chi connectivity index (χ0n) is 16.1. The van der Waals surface area contributed by atoms with Crippen LogP contribution in [0.3, 0.4) is 0 Å². The summed E-state index contributed by atoms with van der Waals surface area (Å²) < 4.78 is 5.68. The molecule has 1 aliphatic carbocycles. The molecule has 2 aromatic rings. The molecule has 7 heteroatoms. The van der Waals surface area contributed by atoms with Gasteiger partial charge in [0.25, 0.3) is 11.8 Å². The van der Waals surface area contributed by atoms with Crippen molar-refractivity contribution in [2.75, 3.05) is 6.54 Å². The molecular weight excluding hydrogens is 370 g/mol. The van der Waals surface area contributed by atoms with Crippen LogP contribution in [0.2, 0.25) is 0 Å². The van der Waals surface area contributed by atoms with Crippen molar-refractivity contribution in [3.63, 3.8) is 0 Å². The van der Waals surface area contributed by atoms with Crippen LogP contribution < -0.4 is 20.9 Å². The van der Waals surface area contributed by atoms with Gasteiger partial charge in [-0.3, -0.25) is 25.2 Å². The van der Waals surface area contributed by atoms with Gasteiger partial charge in [0.15, 0.2) is 0 Å². The molecule has 1 aliphatic rings. The van der Waals surface area contributed by atoms with Crippen LogP contribution in [0.1, 0.15) is 42.5 Å². The number of rotatable bonds is 6. The van der Waals surface area contributed by atoms with E-state index in [4.69, 9.17) is 4.74 Å². The summed E-state index contributed by atoms with van der Waals surface area (Å²) in [5.41, 5.74) is 5.20. The number of hydrogen-bond donors (Lipinski definition) is 3. The van der Waals surface area contributed by atoms with Gasteiger partial charge in [0.1, 0.15) is 11.5 Å². The van der Waals surface area contributed by atoms with Crippen molar-refractivity contribution in [2.45, 2.75) is 32.1 Å². The smallest absolute Gasteiger partial charge is 0.257 e. The topological polar surface area (TPSA) is 96.5 Å². The summed E-state index contributed by atoms with van der Waals surface area (Å²) in [5.74, 6) is 0.234. The standard InChI is InChI=1S/C22H25N3O4/c26-20(24-25-22(28)16-7-3-1-4-8-16)15-23-21(27)17-11-13-19(14-12-17)29-18-9-5-2-6-10-18/h2,5-6,9-14,16H,1,3-4,7-8,15H2,(H,23,27)(H,24,26)(H,25,28). The molecule has 0 unspecified atom stereocenters. The molecule has 0 radical (unpaired) electrons. The van der Waals surface area contributed by atoms with Gasteiger partial charge in [-0.2, -0.15) is 0 Å². The Hall–Kier alpha value is -3.35. The predicted molar refractivity (Wildman–Crippen MR) is 108 cm³/mol. The molecule has 29 heavy (non-hydrogen) atoms. The number of carbonyl (C=O) groups excluding carboxylic acids is 3. The van der Waals surface area contributed by atoms with Gasteiger partial charge in [-0.25, -0.2) is 0 Å². The predicted octanol–water partition coefficient (Wildman–Crippen LogP) is 2.94. The summed E-state index contributed by atoms with van der Waals surface area (Å²) in [6.45, 7) is -0.230. The highest BCUT2D eigenvalue weighted by atomic mass is 16.5. The van der Waals surface area contributed by atoms with Gasteiger partial charge in [-0.05, 0) is 49.2 Å². The molecule has 2 aromatic carbocycles. The number of benzene rings is 2. The van der Waals surface area contributed by atoms with E-state index in [0.717, 1.165) is 32.1 Å². The quantitative estimate of drug-likeness (QED) is 0.655. The third-order valence-electron chi connectivity index (χ3n) is 4.81. The summed E-state index contributed by atoms with van der Waals surface area (Å²) in [7, 11) is 0. The fourth-order valence-corrected chi connectivity index (χ4v) is 3.20. The maximum Gasteiger partial charge on any atom is 0.257 e. The Morgan fingerprint density at radius 2 is 1.48 bits per heavy atom. The lowest BCUT2D eigenvalue weighted by molar-refractivity contribution is -0.131. The van der Waals surface area contributed by atoms with Gasteiger partial charge >= 0.3 is 0 Å². The Labute approximate surface area is 169 Å². The first-order chi connectivity index (χ1) is 14.1. The molecule has 3 amide bonds. The van der Waals surface area contributed by atoms with Crippen molar-refractivity contribution in [3.05, 3.63) is 60.2 Å². The number of ether oxygens (including phenoxy) is 1. The number of nitrogens with one attached hydrogen (secondary N) is 3. The normalized spacial score (nSPS) is 13.9. The number of amides is 3. The maximum atomic E-state index is 12.2. The molecule has 1 fully saturated rings. The van der Waals surface area contributed by atoms with Gasteiger partial charge in [0.2, 0.25) is 5.91 Å². The van der Waals surface area contributed by atoms with Crippen molar-refractivity contribution in [3.8, 4) is 11.5 Å². The Morgan fingerprint density at radius 1 is 0.828 bits per heavy atom. The zero-order chi connectivity index (χ0) is 20.5. The first-order valence-electron chi connectivity index (χ1n) is 9.81. The van der Waals surface area contributed by atoms with Crippen LogP contribution in [0.25, 0.3) is 0 Å². The molecule has 0 atom stereocenters. The summed E-state index contributed by atoms with van der Waals surface area (Å²) in [6.07, 6.45) is 4.93. The molecule has 1 saturated carbocycles. The second-order valence-corrected chi connectivity index (χ2v) is 6.99. The minimum Gasteiger partial charge on any atom is -0.457 e. The van der Waals surface area contributed by atoms with E-state index in [9.17, 15) is 14.4 Å². The van der Waals surface area contributed by atoms with Crippen molar-refractivity contribution in [1.29, 1.82) is 0 Å². The fourth-order valence-electron chi connectivity index (χ4n) is 3.20. The van der Waals surface area contributed by atoms with Gasteiger partial charge in [0.05, 0.1) is 6.54 Å². The summed E-state index contributed by atoms with van der Waals surface area (Å²) in [5, 5.41) is 2.53. The Bertz CT molecular complexity index is 831. The average molecular weight is 395 g/mol. The number of hydrazine groups is 1. The molecule has 3 rings (SSSR count). The minimum absolute atomic E-state index is 0.0461. The van der Waals surface area contributed by atoms with Crippen LogP contribution in [-0.2, 0) is 9.59 Å². The zero-order valence-corrected chi connectivity index (χ0v) is 16.1. The van der Waals surface area contributed by atoms with Crippen molar-refractivity contribution in [2.24, 2.45) is 5.92 Å². The summed E-state index contributed by atoms with van der Waals surface area (Å²) in [6, 6.07) is 15.9. The molecule has 0 heterocycles. The Kier molecular flexibility index (Phi) is 7.22. The molecule has 0 aliphatic heterocycles. The summed E-state index contributed by atoms with van der Waals surface area (Å²) >= 11 is 0. The van der Waals surface area contributed by atoms with Gasteiger partial charge < -0.3 is 10.1 Å². The van der Waals surface area contributed by atoms with E-state index >= 15 is 0 Å². The van der Waals surface area contributed by atoms with E-state index in [1.165, 1.54) is 0 Å². The van der Waals surface area contributed by atoms with Crippen molar-refractivity contribution in [1.82, 2.24) is 16.2 Å². The first-order valence-corrected chi connectivity index (χ1v) is 9.81. The van der Waals surface area contributed by atoms with Gasteiger partial charge in [-0.1, -0.05) is 37.5 Å². The molecule has 3 N–H and O–H groups in total. The third-order valence-corrected chi connectivity index (χ3v) is 4.81. The highest BCUT2D eigenvalue weighted by Crippen LogP contribution is 2.23. The van der Waals surface area contributed by atoms with Crippen molar-refractivity contribution >= 4 is 17.7 Å². The molecule has 0 spiro atoms. The fraction of sp³-hybridized carbons (Fsp3) is 0.318. The number of para-hydroxylation sites is 1. The lowest BCUT2D eigenvalue weighted by Gasteiger charge is -2.20. The maximum absolute atomic E-state index is 12.2. The van der Waals surface area contributed by atoms with Crippen LogP contribution in [0.5, 0.6) is 11.5 Å². The molecule has 0 aromatic heterocycles. The van der Waals surface area contributed by atoms with Crippen LogP contribution in [-0.4, -0.2) is 24.3 Å². The monoisotopic (exact) mass is 395 g/mol. The van der Waals surface area contributed by atoms with Crippen LogP contribution >= 0.6 is 0 Å². The van der Waals surface area contributed by atoms with E-state index in [1.807, 2.05) is 30.3 Å². The van der Waals surface area contributed by atoms with Crippen LogP contribution in [0.4, 0.5) is 0 Å². The minimum atomic E-state index is -0.480. The second-order valence-electron chi connectivity index (χ2n) is 6.99. The Morgan fingerprint density at radius 3 is 2.17 bits per heavy atom. The largest absolute Gasteiger partial charge is 0.457 e. The SMILES string of the molecule is O=C(CNC(=O)c1ccc(Oc2ccccc2)cc1)NNC(=O)C1CCCCC1. The first kappa shape index (κ1) is 20.4. The van der Waals surface area contributed by atoms with Crippen LogP contribution in [0.15, 0.2) is 54.6 Å². The van der Waals surface area contributed by atoms with E-state index in [1.54, 1.807) is 24.3 Å². The third kappa shape index (κ3) is 6.34. The molecular formula is C22H25N3O4. The molecule has 152 valence electrons. The van der Waals surface area contributed by atoms with Crippen LogP contribution in [0, 0.1) is 5.92 Å². The highest BCUT2D eigenvalue weighted by molar-refractivity contribution is 5.96. The lowest BCUT2D eigenvalue weighted by Crippen LogP contribution is -2.48. The lowest BCUT2D eigenvalue weighted by atomic mass is 9.89. The van der Waals surface area contributed by atoms with Crippen molar-refractivity contribution < 1.29 is 19.1 Å². The van der Waals surface area contributed by atoms with E-state index in [0.29, 0.717) is 17.1 Å². The highest BCUT2D eigenvalue weighted by Gasteiger charge is 2.21. The Balaban J connectivity index is 1.40. The second kappa shape index (κ2) is 10.3. The van der Waals surface area contributed by atoms with Gasteiger partial charge in [0, 0.05) is 11.5 Å². The van der Waals surface area contributed by atoms with E-state index in [2.05, 4.69) is 16.2 Å². The number of carbonyl (C=O) groups is 3. The van der Waals surface area contributed by atoms with Gasteiger partial charge in [-0.15, -0.1) is 0 Å². The van der Waals surface area contributed by atoms with E-state index < -0.39 is 5.91 Å². The molecule has 7 nitrogen and oxygen atoms in total. The molecule has 0 bridgehead atoms. The molecule has 0 saturated heterocycles. The number of hydrogen-bond acceptors (Lipinski definition) is 4.